The van der Waals surface area contributed by atoms with E-state index in [4.69, 9.17) is 11.6 Å². The van der Waals surface area contributed by atoms with E-state index in [0.717, 1.165) is 40.2 Å². The molecular formula is C18H21ClFN. The third-order valence-corrected chi connectivity index (χ3v) is 4.08. The van der Waals surface area contributed by atoms with Crippen molar-refractivity contribution in [2.24, 2.45) is 0 Å². The van der Waals surface area contributed by atoms with E-state index in [-0.39, 0.29) is 11.9 Å². The van der Waals surface area contributed by atoms with Crippen LogP contribution in [-0.4, -0.2) is 6.54 Å². The van der Waals surface area contributed by atoms with Gasteiger partial charge >= 0.3 is 0 Å². The van der Waals surface area contributed by atoms with E-state index in [2.05, 4.69) is 18.3 Å². The molecule has 2 rings (SSSR count). The maximum absolute atomic E-state index is 13.3. The maximum atomic E-state index is 13.3. The summed E-state index contributed by atoms with van der Waals surface area (Å²) in [6.45, 7) is 6.95. The van der Waals surface area contributed by atoms with E-state index in [1.54, 1.807) is 6.07 Å². The molecule has 0 aliphatic heterocycles. The average Bonchev–Trinajstić information content (AvgIpc) is 2.44. The predicted molar refractivity (Wildman–Crippen MR) is 87.5 cm³/mol. The van der Waals surface area contributed by atoms with E-state index in [9.17, 15) is 4.39 Å². The molecule has 1 N–H and O–H groups in total. The minimum absolute atomic E-state index is 0.0312. The Morgan fingerprint density at radius 2 is 1.86 bits per heavy atom. The van der Waals surface area contributed by atoms with Gasteiger partial charge in [0, 0.05) is 5.02 Å². The highest BCUT2D eigenvalue weighted by molar-refractivity contribution is 6.31. The van der Waals surface area contributed by atoms with Gasteiger partial charge in [-0.25, -0.2) is 4.39 Å². The first kappa shape index (κ1) is 16.0. The smallest absolute Gasteiger partial charge is 0.123 e. The first-order valence-electron chi connectivity index (χ1n) is 7.28. The fourth-order valence-corrected chi connectivity index (χ4v) is 2.64. The van der Waals surface area contributed by atoms with Crippen molar-refractivity contribution in [3.63, 3.8) is 0 Å². The Balaban J connectivity index is 2.44. The van der Waals surface area contributed by atoms with Gasteiger partial charge in [0.1, 0.15) is 5.82 Å². The monoisotopic (exact) mass is 305 g/mol. The van der Waals surface area contributed by atoms with Gasteiger partial charge in [0.05, 0.1) is 6.04 Å². The van der Waals surface area contributed by atoms with Gasteiger partial charge in [0.25, 0.3) is 0 Å². The average molecular weight is 306 g/mol. The van der Waals surface area contributed by atoms with Crippen LogP contribution in [0.5, 0.6) is 0 Å². The number of nitrogens with one attached hydrogen (secondary N) is 1. The SMILES string of the molecule is CCCNC(c1ccc(C)c(Cl)c1)c1ccc(F)cc1C. The normalized spacial score (nSPS) is 12.4. The molecule has 0 saturated heterocycles. The summed E-state index contributed by atoms with van der Waals surface area (Å²) in [5.74, 6) is -0.201. The van der Waals surface area contributed by atoms with Gasteiger partial charge in [0.2, 0.25) is 0 Å². The molecule has 0 spiro atoms. The first-order chi connectivity index (χ1) is 10.0. The van der Waals surface area contributed by atoms with Gasteiger partial charge < -0.3 is 5.32 Å². The molecule has 3 heteroatoms. The Morgan fingerprint density at radius 1 is 1.10 bits per heavy atom. The number of hydrogen-bond donors (Lipinski definition) is 1. The molecule has 0 aliphatic rings. The summed E-state index contributed by atoms with van der Waals surface area (Å²) in [6, 6.07) is 11.1. The molecule has 0 bridgehead atoms. The Morgan fingerprint density at radius 3 is 2.48 bits per heavy atom. The second kappa shape index (κ2) is 7.06. The van der Waals surface area contributed by atoms with Crippen molar-refractivity contribution < 1.29 is 4.39 Å². The summed E-state index contributed by atoms with van der Waals surface area (Å²) in [7, 11) is 0. The first-order valence-corrected chi connectivity index (χ1v) is 7.66. The van der Waals surface area contributed by atoms with E-state index in [0.29, 0.717) is 0 Å². The molecule has 0 aromatic heterocycles. The van der Waals surface area contributed by atoms with E-state index in [1.165, 1.54) is 6.07 Å². The number of aryl methyl sites for hydroxylation is 2. The third kappa shape index (κ3) is 3.84. The fraction of sp³-hybridized carbons (Fsp3) is 0.333. The Kier molecular flexibility index (Phi) is 5.38. The van der Waals surface area contributed by atoms with Crippen LogP contribution in [0, 0.1) is 19.7 Å². The second-order valence-corrected chi connectivity index (χ2v) is 5.80. The van der Waals surface area contributed by atoms with Crippen LogP contribution in [0.1, 0.15) is 41.6 Å². The van der Waals surface area contributed by atoms with Crippen molar-refractivity contribution in [1.29, 1.82) is 0 Å². The summed E-state index contributed by atoms with van der Waals surface area (Å²) in [6.07, 6.45) is 1.04. The van der Waals surface area contributed by atoms with Crippen LogP contribution < -0.4 is 5.32 Å². The molecule has 0 saturated carbocycles. The fourth-order valence-electron chi connectivity index (χ4n) is 2.45. The molecular weight excluding hydrogens is 285 g/mol. The minimum Gasteiger partial charge on any atom is -0.306 e. The van der Waals surface area contributed by atoms with Crippen LogP contribution in [0.3, 0.4) is 0 Å². The molecule has 112 valence electrons. The molecule has 2 aromatic carbocycles. The number of benzene rings is 2. The van der Waals surface area contributed by atoms with Gasteiger partial charge in [-0.1, -0.05) is 36.7 Å². The van der Waals surface area contributed by atoms with Crippen LogP contribution in [-0.2, 0) is 0 Å². The summed E-state index contributed by atoms with van der Waals surface area (Å²) in [5.41, 5.74) is 4.20. The zero-order chi connectivity index (χ0) is 15.4. The Hall–Kier alpha value is -1.38. The number of halogens is 2. The molecule has 0 radical (unpaired) electrons. The van der Waals surface area contributed by atoms with Crippen molar-refractivity contribution in [3.05, 3.63) is 69.5 Å². The molecule has 21 heavy (non-hydrogen) atoms. The lowest BCUT2D eigenvalue weighted by Crippen LogP contribution is -2.24. The summed E-state index contributed by atoms with van der Waals surface area (Å²) in [4.78, 5) is 0. The highest BCUT2D eigenvalue weighted by atomic mass is 35.5. The van der Waals surface area contributed by atoms with E-state index in [1.807, 2.05) is 32.0 Å². The van der Waals surface area contributed by atoms with Gasteiger partial charge in [-0.2, -0.15) is 0 Å². The molecule has 2 aromatic rings. The van der Waals surface area contributed by atoms with E-state index >= 15 is 0 Å². The van der Waals surface area contributed by atoms with Crippen molar-refractivity contribution in [2.45, 2.75) is 33.2 Å². The highest BCUT2D eigenvalue weighted by Crippen LogP contribution is 2.28. The van der Waals surface area contributed by atoms with Crippen LogP contribution in [0.2, 0.25) is 5.02 Å². The van der Waals surface area contributed by atoms with Crippen LogP contribution in [0.25, 0.3) is 0 Å². The quantitative estimate of drug-likeness (QED) is 0.802. The van der Waals surface area contributed by atoms with Crippen molar-refractivity contribution in [1.82, 2.24) is 5.32 Å². The zero-order valence-electron chi connectivity index (χ0n) is 12.7. The lowest BCUT2D eigenvalue weighted by atomic mass is 9.94. The van der Waals surface area contributed by atoms with Gasteiger partial charge in [-0.05, 0) is 67.3 Å². The van der Waals surface area contributed by atoms with E-state index < -0.39 is 0 Å². The Labute approximate surface area is 131 Å². The predicted octanol–water partition coefficient (Wildman–Crippen LogP) is 5.18. The van der Waals surface area contributed by atoms with Gasteiger partial charge in [-0.15, -0.1) is 0 Å². The summed E-state index contributed by atoms with van der Waals surface area (Å²) in [5, 5.41) is 4.29. The van der Waals surface area contributed by atoms with Gasteiger partial charge in [0.15, 0.2) is 0 Å². The molecule has 0 fully saturated rings. The maximum Gasteiger partial charge on any atom is 0.123 e. The molecule has 0 aliphatic carbocycles. The highest BCUT2D eigenvalue weighted by Gasteiger charge is 2.16. The molecule has 0 heterocycles. The van der Waals surface area contributed by atoms with Gasteiger partial charge in [-0.3, -0.25) is 0 Å². The van der Waals surface area contributed by atoms with Crippen molar-refractivity contribution in [3.8, 4) is 0 Å². The molecule has 1 atom stereocenters. The number of rotatable bonds is 5. The lowest BCUT2D eigenvalue weighted by molar-refractivity contribution is 0.590. The standard InChI is InChI=1S/C18H21ClFN/c1-4-9-21-18(14-6-5-12(2)17(19)11-14)16-8-7-15(20)10-13(16)3/h5-8,10-11,18,21H,4,9H2,1-3H3. The van der Waals surface area contributed by atoms with Crippen molar-refractivity contribution >= 4 is 11.6 Å². The number of hydrogen-bond acceptors (Lipinski definition) is 1. The summed E-state index contributed by atoms with van der Waals surface area (Å²) < 4.78 is 13.3. The van der Waals surface area contributed by atoms with Crippen LogP contribution >= 0.6 is 11.6 Å². The van der Waals surface area contributed by atoms with Crippen LogP contribution in [0.4, 0.5) is 4.39 Å². The minimum atomic E-state index is -0.201. The molecule has 1 unspecified atom stereocenters. The second-order valence-electron chi connectivity index (χ2n) is 5.40. The largest absolute Gasteiger partial charge is 0.306 e. The summed E-state index contributed by atoms with van der Waals surface area (Å²) >= 11 is 6.26. The topological polar surface area (TPSA) is 12.0 Å². The lowest BCUT2D eigenvalue weighted by Gasteiger charge is -2.22. The molecule has 0 amide bonds. The third-order valence-electron chi connectivity index (χ3n) is 3.67. The molecule has 1 nitrogen and oxygen atoms in total. The van der Waals surface area contributed by atoms with Crippen molar-refractivity contribution in [2.75, 3.05) is 6.54 Å². The Bertz CT molecular complexity index is 625. The van der Waals surface area contributed by atoms with Crippen LogP contribution in [0.15, 0.2) is 36.4 Å². The zero-order valence-corrected chi connectivity index (χ0v) is 13.5.